The molecule has 0 saturated carbocycles. The molecule has 0 amide bonds. The highest BCUT2D eigenvalue weighted by Gasteiger charge is 2.18. The zero-order valence-corrected chi connectivity index (χ0v) is 18.7. The summed E-state index contributed by atoms with van der Waals surface area (Å²) in [7, 11) is -0.485. The number of hydrogen-bond acceptors (Lipinski definition) is 3. The lowest BCUT2D eigenvalue weighted by Gasteiger charge is -2.26. The molecule has 0 bridgehead atoms. The molecule has 0 heterocycles. The lowest BCUT2D eigenvalue weighted by Crippen LogP contribution is -2.34. The Bertz CT molecular complexity index is 1040. The van der Waals surface area contributed by atoms with Gasteiger partial charge >= 0.3 is 0 Å². The first kappa shape index (κ1) is 22.0. The highest BCUT2D eigenvalue weighted by molar-refractivity contribution is 7.89. The van der Waals surface area contributed by atoms with Crippen LogP contribution in [0.3, 0.4) is 0 Å². The molecule has 0 aliphatic heterocycles. The maximum Gasteiger partial charge on any atom is 0.242 e. The molecule has 7 heteroatoms. The van der Waals surface area contributed by atoms with Gasteiger partial charge in [0.2, 0.25) is 10.0 Å². The van der Waals surface area contributed by atoms with Crippen molar-refractivity contribution < 1.29 is 8.42 Å². The van der Waals surface area contributed by atoms with Crippen molar-refractivity contribution in [3.63, 3.8) is 0 Å². The van der Waals surface area contributed by atoms with Crippen molar-refractivity contribution in [1.29, 1.82) is 0 Å². The van der Waals surface area contributed by atoms with Crippen LogP contribution in [0.15, 0.2) is 89.8 Å². The molecule has 0 unspecified atom stereocenters. The fraction of sp³-hybridized carbons (Fsp3) is 0.174. The van der Waals surface area contributed by atoms with Gasteiger partial charge in [0, 0.05) is 32.9 Å². The Morgan fingerprint density at radius 1 is 0.833 bits per heavy atom. The molecular weight excluding hydrogens is 414 g/mol. The SMILES string of the molecule is CN(C)S(=O)(=O)c1cccc(NC(=S)N(Cc2ccccc2)Cc2ccccc2)c1. The molecule has 0 spiro atoms. The van der Waals surface area contributed by atoms with Crippen molar-refractivity contribution in [3.8, 4) is 0 Å². The number of sulfonamides is 1. The third-order valence-corrected chi connectivity index (χ3v) is 6.75. The van der Waals surface area contributed by atoms with E-state index in [0.29, 0.717) is 23.9 Å². The Hall–Kier alpha value is -2.74. The van der Waals surface area contributed by atoms with Gasteiger partial charge in [0.15, 0.2) is 5.11 Å². The van der Waals surface area contributed by atoms with Crippen LogP contribution in [-0.4, -0.2) is 36.8 Å². The summed E-state index contributed by atoms with van der Waals surface area (Å²) in [6.45, 7) is 1.27. The molecular formula is C23H25N3O2S2. The van der Waals surface area contributed by atoms with Crippen LogP contribution in [0.2, 0.25) is 0 Å². The summed E-state index contributed by atoms with van der Waals surface area (Å²) in [5.74, 6) is 0. The van der Waals surface area contributed by atoms with Crippen LogP contribution in [0.25, 0.3) is 0 Å². The van der Waals surface area contributed by atoms with Gasteiger partial charge in [-0.1, -0.05) is 66.7 Å². The molecule has 0 radical (unpaired) electrons. The fourth-order valence-corrected chi connectivity index (χ4v) is 4.15. The predicted molar refractivity (Wildman–Crippen MR) is 126 cm³/mol. The second-order valence-corrected chi connectivity index (χ2v) is 9.61. The quantitative estimate of drug-likeness (QED) is 0.555. The van der Waals surface area contributed by atoms with Crippen LogP contribution in [0.1, 0.15) is 11.1 Å². The number of rotatable bonds is 7. The third-order valence-electron chi connectivity index (χ3n) is 4.58. The summed E-state index contributed by atoms with van der Waals surface area (Å²) in [5.41, 5.74) is 2.91. The summed E-state index contributed by atoms with van der Waals surface area (Å²) in [6, 6.07) is 26.9. The van der Waals surface area contributed by atoms with Gasteiger partial charge in [0.05, 0.1) is 4.90 Å². The number of nitrogens with zero attached hydrogens (tertiary/aromatic N) is 2. The Labute approximate surface area is 184 Å². The fourth-order valence-electron chi connectivity index (χ4n) is 2.95. The van der Waals surface area contributed by atoms with E-state index in [9.17, 15) is 8.42 Å². The molecule has 0 aliphatic rings. The Morgan fingerprint density at radius 3 is 1.87 bits per heavy atom. The average Bonchev–Trinajstić information content (AvgIpc) is 2.75. The molecule has 30 heavy (non-hydrogen) atoms. The highest BCUT2D eigenvalue weighted by Crippen LogP contribution is 2.19. The summed E-state index contributed by atoms with van der Waals surface area (Å²) in [5, 5.41) is 3.74. The first-order chi connectivity index (χ1) is 14.4. The van der Waals surface area contributed by atoms with Gasteiger partial charge in [0.1, 0.15) is 0 Å². The summed E-state index contributed by atoms with van der Waals surface area (Å²) in [4.78, 5) is 2.28. The Kier molecular flexibility index (Phi) is 7.20. The first-order valence-corrected chi connectivity index (χ1v) is 11.4. The Balaban J connectivity index is 1.82. The van der Waals surface area contributed by atoms with Crippen LogP contribution in [0.5, 0.6) is 0 Å². The van der Waals surface area contributed by atoms with E-state index in [4.69, 9.17) is 12.2 Å². The number of hydrogen-bond donors (Lipinski definition) is 1. The minimum Gasteiger partial charge on any atom is -0.340 e. The van der Waals surface area contributed by atoms with Gasteiger partial charge in [-0.2, -0.15) is 0 Å². The third kappa shape index (κ3) is 5.66. The van der Waals surface area contributed by atoms with E-state index in [1.165, 1.54) is 18.4 Å². The lowest BCUT2D eigenvalue weighted by atomic mass is 10.2. The van der Waals surface area contributed by atoms with Crippen molar-refractivity contribution in [2.24, 2.45) is 0 Å². The number of nitrogens with one attached hydrogen (secondary N) is 1. The minimum absolute atomic E-state index is 0.220. The van der Waals surface area contributed by atoms with Gasteiger partial charge in [-0.05, 0) is 41.5 Å². The lowest BCUT2D eigenvalue weighted by molar-refractivity contribution is 0.413. The second-order valence-electron chi connectivity index (χ2n) is 7.07. The zero-order chi connectivity index (χ0) is 21.6. The van der Waals surface area contributed by atoms with Crippen molar-refractivity contribution in [1.82, 2.24) is 9.21 Å². The van der Waals surface area contributed by atoms with Gasteiger partial charge in [-0.3, -0.25) is 0 Å². The Morgan fingerprint density at radius 2 is 1.37 bits per heavy atom. The minimum atomic E-state index is -3.52. The summed E-state index contributed by atoms with van der Waals surface area (Å²) < 4.78 is 26.1. The van der Waals surface area contributed by atoms with Crippen molar-refractivity contribution in [2.45, 2.75) is 18.0 Å². The monoisotopic (exact) mass is 439 g/mol. The van der Waals surface area contributed by atoms with Crippen molar-refractivity contribution >= 4 is 33.0 Å². The van der Waals surface area contributed by atoms with Crippen LogP contribution in [-0.2, 0) is 23.1 Å². The van der Waals surface area contributed by atoms with E-state index < -0.39 is 10.0 Å². The van der Waals surface area contributed by atoms with Crippen LogP contribution in [0, 0.1) is 0 Å². The van der Waals surface area contributed by atoms with Gasteiger partial charge in [-0.15, -0.1) is 0 Å². The van der Waals surface area contributed by atoms with Gasteiger partial charge < -0.3 is 10.2 Å². The largest absolute Gasteiger partial charge is 0.340 e. The molecule has 5 nitrogen and oxygen atoms in total. The van der Waals surface area contributed by atoms with E-state index in [0.717, 1.165) is 11.1 Å². The van der Waals surface area contributed by atoms with Crippen LogP contribution >= 0.6 is 12.2 Å². The number of anilines is 1. The first-order valence-electron chi connectivity index (χ1n) is 9.52. The maximum atomic E-state index is 12.4. The molecule has 156 valence electrons. The molecule has 0 atom stereocenters. The molecule has 0 fully saturated rings. The molecule has 3 aromatic rings. The zero-order valence-electron chi connectivity index (χ0n) is 17.0. The normalized spacial score (nSPS) is 11.3. The van der Waals surface area contributed by atoms with E-state index in [-0.39, 0.29) is 4.90 Å². The van der Waals surface area contributed by atoms with Gasteiger partial charge in [-0.25, -0.2) is 12.7 Å². The van der Waals surface area contributed by atoms with E-state index in [1.54, 1.807) is 18.2 Å². The smallest absolute Gasteiger partial charge is 0.242 e. The van der Waals surface area contributed by atoms with Gasteiger partial charge in [0.25, 0.3) is 0 Å². The van der Waals surface area contributed by atoms with Crippen LogP contribution < -0.4 is 5.32 Å². The second kappa shape index (κ2) is 9.84. The summed E-state index contributed by atoms with van der Waals surface area (Å²) in [6.07, 6.45) is 0. The number of benzene rings is 3. The van der Waals surface area contributed by atoms with Crippen LogP contribution in [0.4, 0.5) is 5.69 Å². The highest BCUT2D eigenvalue weighted by atomic mass is 32.2. The van der Waals surface area contributed by atoms with Crippen molar-refractivity contribution in [3.05, 3.63) is 96.1 Å². The molecule has 3 rings (SSSR count). The molecule has 0 aromatic heterocycles. The molecule has 0 aliphatic carbocycles. The maximum absolute atomic E-state index is 12.4. The molecule has 1 N–H and O–H groups in total. The number of thiocarbonyl (C=S) groups is 1. The van der Waals surface area contributed by atoms with E-state index in [2.05, 4.69) is 34.5 Å². The van der Waals surface area contributed by atoms with Crippen molar-refractivity contribution in [2.75, 3.05) is 19.4 Å². The average molecular weight is 440 g/mol. The topological polar surface area (TPSA) is 52.7 Å². The predicted octanol–water partition coefficient (Wildman–Crippen LogP) is 4.34. The summed E-state index contributed by atoms with van der Waals surface area (Å²) >= 11 is 5.70. The molecule has 3 aromatic carbocycles. The van der Waals surface area contributed by atoms with E-state index in [1.807, 2.05) is 42.5 Å². The standard InChI is InChI=1S/C23H25N3O2S2/c1-25(2)30(27,28)22-15-9-14-21(16-22)24-23(29)26(17-19-10-5-3-6-11-19)18-20-12-7-4-8-13-20/h3-16H,17-18H2,1-2H3,(H,24,29). The molecule has 0 saturated heterocycles. The van der Waals surface area contributed by atoms with E-state index >= 15 is 0 Å².